The Morgan fingerprint density at radius 2 is 1.67 bits per heavy atom. The van der Waals surface area contributed by atoms with E-state index in [0.717, 1.165) is 10.4 Å². The van der Waals surface area contributed by atoms with Gasteiger partial charge in [-0.25, -0.2) is 4.79 Å². The van der Waals surface area contributed by atoms with Crippen molar-refractivity contribution < 1.29 is 14.3 Å². The predicted molar refractivity (Wildman–Crippen MR) is 144 cm³/mol. The van der Waals surface area contributed by atoms with Gasteiger partial charge >= 0.3 is 5.69 Å². The molecule has 2 aromatic carbocycles. The van der Waals surface area contributed by atoms with Crippen LogP contribution < -0.4 is 21.6 Å². The van der Waals surface area contributed by atoms with Gasteiger partial charge < -0.3 is 14.3 Å². The van der Waals surface area contributed by atoms with Crippen molar-refractivity contribution in [3.05, 3.63) is 106 Å². The number of ether oxygens (including phenoxy) is 1. The van der Waals surface area contributed by atoms with Crippen molar-refractivity contribution in [2.24, 2.45) is 0 Å². The molecule has 1 aliphatic heterocycles. The molecule has 4 rings (SSSR count). The van der Waals surface area contributed by atoms with E-state index in [1.165, 1.54) is 10.6 Å². The Morgan fingerprint density at radius 3 is 2.17 bits per heavy atom. The summed E-state index contributed by atoms with van der Waals surface area (Å²) in [6.07, 6.45) is 0.535. The standard InChI is InChI=1S/C28H34N2O5Si/c1-6-23(31)25-24(22(18-34-25)30-17-19(2)26(32)29-27(30)33)35-36(28(3,4)5,20-13-9-7-10-14-20)21-15-11-8-12-16-21/h6-17,22-25,31H,1,18H2,2-5H3,(H,29,32,33). The van der Waals surface area contributed by atoms with Crippen molar-refractivity contribution in [2.45, 2.75) is 57.1 Å². The maximum absolute atomic E-state index is 12.9. The first kappa shape index (κ1) is 26.0. The zero-order valence-corrected chi connectivity index (χ0v) is 22.2. The Morgan fingerprint density at radius 1 is 1.11 bits per heavy atom. The van der Waals surface area contributed by atoms with Crippen LogP contribution in [0.15, 0.2) is 89.1 Å². The van der Waals surface area contributed by atoms with Crippen LogP contribution in [0.5, 0.6) is 0 Å². The number of aliphatic hydroxyl groups excluding tert-OH is 1. The van der Waals surface area contributed by atoms with Gasteiger partial charge in [0, 0.05) is 11.8 Å². The quantitative estimate of drug-likeness (QED) is 0.379. The summed E-state index contributed by atoms with van der Waals surface area (Å²) in [4.78, 5) is 27.3. The number of aromatic nitrogens is 2. The molecule has 0 aliphatic carbocycles. The van der Waals surface area contributed by atoms with Crippen molar-refractivity contribution in [3.8, 4) is 0 Å². The van der Waals surface area contributed by atoms with Crippen molar-refractivity contribution in [3.63, 3.8) is 0 Å². The topological polar surface area (TPSA) is 93.5 Å². The monoisotopic (exact) mass is 506 g/mol. The molecule has 0 spiro atoms. The number of aliphatic hydroxyl groups is 1. The van der Waals surface area contributed by atoms with Crippen molar-refractivity contribution in [2.75, 3.05) is 6.61 Å². The molecule has 0 amide bonds. The molecule has 0 radical (unpaired) electrons. The van der Waals surface area contributed by atoms with E-state index in [1.807, 2.05) is 36.4 Å². The van der Waals surface area contributed by atoms with Crippen LogP contribution in [-0.4, -0.2) is 47.9 Å². The SMILES string of the molecule is C=CC(O)C1OCC(n2cc(C)c(=O)[nH]c2=O)C1O[Si](c1ccccc1)(c1ccccc1)C(C)(C)C. The molecule has 1 aromatic heterocycles. The predicted octanol–water partition coefficient (Wildman–Crippen LogP) is 2.28. The third-order valence-electron chi connectivity index (χ3n) is 6.97. The first-order valence-electron chi connectivity index (χ1n) is 12.1. The van der Waals surface area contributed by atoms with Gasteiger partial charge in [-0.05, 0) is 22.3 Å². The van der Waals surface area contributed by atoms with Gasteiger partial charge in [-0.3, -0.25) is 14.3 Å². The summed E-state index contributed by atoms with van der Waals surface area (Å²) in [7, 11) is -3.04. The minimum atomic E-state index is -3.04. The lowest BCUT2D eigenvalue weighted by Crippen LogP contribution is -2.69. The van der Waals surface area contributed by atoms with Gasteiger partial charge in [0.05, 0.1) is 18.8 Å². The van der Waals surface area contributed by atoms with Gasteiger partial charge in [0.25, 0.3) is 13.9 Å². The molecule has 190 valence electrons. The Bertz CT molecular complexity index is 1270. The van der Waals surface area contributed by atoms with Crippen LogP contribution in [0.25, 0.3) is 0 Å². The Labute approximate surface area is 212 Å². The molecule has 4 atom stereocenters. The molecule has 2 heterocycles. The van der Waals surface area contributed by atoms with E-state index >= 15 is 0 Å². The number of aryl methyl sites for hydroxylation is 1. The van der Waals surface area contributed by atoms with Gasteiger partial charge in [0.15, 0.2) is 0 Å². The highest BCUT2D eigenvalue weighted by molar-refractivity contribution is 6.99. The summed E-state index contributed by atoms with van der Waals surface area (Å²) in [6.45, 7) is 12.0. The molecule has 4 unspecified atom stereocenters. The molecule has 7 nitrogen and oxygen atoms in total. The average molecular weight is 507 g/mol. The van der Waals surface area contributed by atoms with E-state index in [1.54, 1.807) is 13.1 Å². The van der Waals surface area contributed by atoms with Crippen LogP contribution >= 0.6 is 0 Å². The number of rotatable bonds is 7. The highest BCUT2D eigenvalue weighted by Crippen LogP contribution is 2.41. The van der Waals surface area contributed by atoms with E-state index in [-0.39, 0.29) is 11.6 Å². The molecule has 0 bridgehead atoms. The number of hydrogen-bond acceptors (Lipinski definition) is 5. The third kappa shape index (κ3) is 4.57. The molecular weight excluding hydrogens is 472 g/mol. The molecule has 1 aliphatic rings. The lowest BCUT2D eigenvalue weighted by atomic mass is 10.0. The molecule has 0 saturated carbocycles. The highest BCUT2D eigenvalue weighted by Gasteiger charge is 2.55. The molecular formula is C28H34N2O5Si. The number of benzene rings is 2. The normalized spacial score (nSPS) is 21.3. The number of hydrogen-bond donors (Lipinski definition) is 2. The Hall–Kier alpha value is -3.04. The summed E-state index contributed by atoms with van der Waals surface area (Å²) in [6, 6.07) is 19.8. The summed E-state index contributed by atoms with van der Waals surface area (Å²) in [5.41, 5.74) is -0.558. The van der Waals surface area contributed by atoms with E-state index in [4.69, 9.17) is 9.16 Å². The van der Waals surface area contributed by atoms with Crippen LogP contribution in [0.2, 0.25) is 5.04 Å². The van der Waals surface area contributed by atoms with Crippen LogP contribution in [0.3, 0.4) is 0 Å². The maximum atomic E-state index is 12.9. The van der Waals surface area contributed by atoms with E-state index in [9.17, 15) is 14.7 Å². The third-order valence-corrected chi connectivity index (χ3v) is 12.0. The Kier molecular flexibility index (Phi) is 7.33. The number of aromatic amines is 1. The largest absolute Gasteiger partial charge is 0.399 e. The summed E-state index contributed by atoms with van der Waals surface area (Å²) in [5.74, 6) is 0. The molecule has 1 saturated heterocycles. The fourth-order valence-electron chi connectivity index (χ4n) is 5.16. The molecule has 3 aromatic rings. The van der Waals surface area contributed by atoms with Crippen LogP contribution in [0.1, 0.15) is 32.4 Å². The fourth-order valence-corrected chi connectivity index (χ4v) is 9.87. The summed E-state index contributed by atoms with van der Waals surface area (Å²) >= 11 is 0. The second-order valence-electron chi connectivity index (χ2n) is 10.3. The number of H-pyrrole nitrogens is 1. The van der Waals surface area contributed by atoms with Crippen molar-refractivity contribution >= 4 is 18.7 Å². The van der Waals surface area contributed by atoms with Gasteiger partial charge in [-0.1, -0.05) is 87.5 Å². The maximum Gasteiger partial charge on any atom is 0.328 e. The summed E-state index contributed by atoms with van der Waals surface area (Å²) < 4.78 is 14.8. The minimum absolute atomic E-state index is 0.143. The van der Waals surface area contributed by atoms with E-state index < -0.39 is 43.9 Å². The molecule has 36 heavy (non-hydrogen) atoms. The van der Waals surface area contributed by atoms with Gasteiger partial charge in [0.2, 0.25) is 0 Å². The van der Waals surface area contributed by atoms with Crippen LogP contribution in [0, 0.1) is 6.92 Å². The summed E-state index contributed by atoms with van der Waals surface area (Å²) in [5, 5.41) is 12.7. The van der Waals surface area contributed by atoms with Gasteiger partial charge in [-0.15, -0.1) is 6.58 Å². The lowest BCUT2D eigenvalue weighted by molar-refractivity contribution is -0.0219. The smallest absolute Gasteiger partial charge is 0.328 e. The molecule has 8 heteroatoms. The van der Waals surface area contributed by atoms with Crippen LogP contribution in [0.4, 0.5) is 0 Å². The zero-order valence-electron chi connectivity index (χ0n) is 21.2. The first-order valence-corrected chi connectivity index (χ1v) is 14.0. The second kappa shape index (κ2) is 10.1. The lowest BCUT2D eigenvalue weighted by Gasteiger charge is -2.46. The van der Waals surface area contributed by atoms with Crippen molar-refractivity contribution in [1.82, 2.24) is 9.55 Å². The Balaban J connectivity index is 1.95. The number of nitrogens with one attached hydrogen (secondary N) is 1. The minimum Gasteiger partial charge on any atom is -0.399 e. The second-order valence-corrected chi connectivity index (χ2v) is 14.6. The zero-order chi connectivity index (χ0) is 26.1. The molecule has 2 N–H and O–H groups in total. The fraction of sp³-hybridized carbons (Fsp3) is 0.357. The van der Waals surface area contributed by atoms with Crippen molar-refractivity contribution in [1.29, 1.82) is 0 Å². The average Bonchev–Trinajstić information content (AvgIpc) is 3.27. The molecule has 1 fully saturated rings. The van der Waals surface area contributed by atoms with Crippen LogP contribution in [-0.2, 0) is 9.16 Å². The highest BCUT2D eigenvalue weighted by atomic mass is 28.4. The van der Waals surface area contributed by atoms with E-state index in [2.05, 4.69) is 56.6 Å². The first-order chi connectivity index (χ1) is 17.1. The number of nitrogens with zero attached hydrogens (tertiary/aromatic N) is 1. The van der Waals surface area contributed by atoms with E-state index in [0.29, 0.717) is 5.56 Å². The van der Waals surface area contributed by atoms with Gasteiger partial charge in [-0.2, -0.15) is 0 Å². The van der Waals surface area contributed by atoms with Gasteiger partial charge in [0.1, 0.15) is 12.2 Å².